The Morgan fingerprint density at radius 1 is 1.15 bits per heavy atom. The monoisotopic (exact) mass is 295 g/mol. The van der Waals surface area contributed by atoms with Gasteiger partial charge >= 0.3 is 0 Å². The maximum Gasteiger partial charge on any atom is 0.162 e. The Kier molecular flexibility index (Phi) is 6.05. The van der Waals surface area contributed by atoms with E-state index in [1.165, 1.54) is 17.7 Å². The van der Waals surface area contributed by atoms with Crippen LogP contribution in [0.1, 0.15) is 33.6 Å². The van der Waals surface area contributed by atoms with E-state index in [9.17, 15) is 0 Å². The molecule has 3 nitrogen and oxygen atoms in total. The van der Waals surface area contributed by atoms with Gasteiger partial charge in [0.15, 0.2) is 11.5 Å². The first-order valence-corrected chi connectivity index (χ1v) is 8.40. The van der Waals surface area contributed by atoms with E-state index < -0.39 is 0 Å². The maximum atomic E-state index is 5.62. The van der Waals surface area contributed by atoms with Crippen molar-refractivity contribution < 1.29 is 9.47 Å². The summed E-state index contributed by atoms with van der Waals surface area (Å²) in [6.07, 6.45) is 2.38. The van der Waals surface area contributed by atoms with E-state index in [1.54, 1.807) is 0 Å². The smallest absolute Gasteiger partial charge is 0.162 e. The third-order valence-electron chi connectivity index (χ3n) is 3.53. The molecular formula is C16H25NO2S. The minimum absolute atomic E-state index is 0.540. The van der Waals surface area contributed by atoms with Gasteiger partial charge < -0.3 is 14.8 Å². The first-order valence-electron chi connectivity index (χ1n) is 7.52. The third kappa shape index (κ3) is 4.32. The summed E-state index contributed by atoms with van der Waals surface area (Å²) >= 11 is 1.88. The van der Waals surface area contributed by atoms with Gasteiger partial charge in [-0.25, -0.2) is 0 Å². The molecule has 0 saturated heterocycles. The van der Waals surface area contributed by atoms with Gasteiger partial charge in [0.05, 0.1) is 0 Å². The minimum atomic E-state index is 0.540. The topological polar surface area (TPSA) is 30.5 Å². The first kappa shape index (κ1) is 15.5. The van der Waals surface area contributed by atoms with Crippen molar-refractivity contribution in [2.75, 3.05) is 19.8 Å². The number of thioether (sulfide) groups is 1. The van der Waals surface area contributed by atoms with Gasteiger partial charge in [-0.1, -0.05) is 20.8 Å². The second-order valence-corrected chi connectivity index (χ2v) is 6.67. The summed E-state index contributed by atoms with van der Waals surface area (Å²) in [7, 11) is 0. The molecule has 112 valence electrons. The quantitative estimate of drug-likeness (QED) is 0.777. The van der Waals surface area contributed by atoms with Gasteiger partial charge in [0.25, 0.3) is 0 Å². The van der Waals surface area contributed by atoms with Crippen LogP contribution in [0.2, 0.25) is 0 Å². The predicted molar refractivity (Wildman–Crippen MR) is 85.1 cm³/mol. The number of hydrogen-bond acceptors (Lipinski definition) is 4. The molecular weight excluding hydrogens is 270 g/mol. The molecule has 0 fully saturated rings. The molecule has 0 amide bonds. The van der Waals surface area contributed by atoms with E-state index in [4.69, 9.17) is 9.47 Å². The normalized spacial score (nSPS) is 15.4. The number of fused-ring (bicyclic) bond motifs is 1. The zero-order valence-electron chi connectivity index (χ0n) is 12.6. The van der Waals surface area contributed by atoms with Crippen LogP contribution in [-0.4, -0.2) is 31.1 Å². The molecule has 0 aromatic heterocycles. The summed E-state index contributed by atoms with van der Waals surface area (Å²) in [5, 5.41) is 4.16. The molecule has 4 heteroatoms. The summed E-state index contributed by atoms with van der Waals surface area (Å²) < 4.78 is 11.2. The average Bonchev–Trinajstić information content (AvgIpc) is 2.48. The number of ether oxygens (including phenoxy) is 2. The molecule has 0 radical (unpaired) electrons. The van der Waals surface area contributed by atoms with E-state index >= 15 is 0 Å². The molecule has 2 rings (SSSR count). The highest BCUT2D eigenvalue weighted by Gasteiger charge is 2.13. The lowest BCUT2D eigenvalue weighted by Gasteiger charge is -2.21. The molecule has 1 heterocycles. The first-order chi connectivity index (χ1) is 9.72. The molecule has 1 unspecified atom stereocenters. The highest BCUT2D eigenvalue weighted by molar-refractivity contribution is 8.00. The van der Waals surface area contributed by atoms with Crippen molar-refractivity contribution in [2.24, 2.45) is 0 Å². The van der Waals surface area contributed by atoms with Crippen LogP contribution >= 0.6 is 11.8 Å². The SMILES string of the molecule is CCC(CC)NCC(C)Sc1ccc2c(c1)OCCO2. The maximum absolute atomic E-state index is 5.62. The fraction of sp³-hybridized carbons (Fsp3) is 0.625. The average molecular weight is 295 g/mol. The molecule has 0 bridgehead atoms. The van der Waals surface area contributed by atoms with Gasteiger partial charge in [-0.15, -0.1) is 11.8 Å². The summed E-state index contributed by atoms with van der Waals surface area (Å²) in [6, 6.07) is 6.86. The summed E-state index contributed by atoms with van der Waals surface area (Å²) in [4.78, 5) is 1.24. The van der Waals surface area contributed by atoms with Gasteiger partial charge in [0.1, 0.15) is 13.2 Å². The van der Waals surface area contributed by atoms with Crippen molar-refractivity contribution in [3.05, 3.63) is 18.2 Å². The highest BCUT2D eigenvalue weighted by atomic mass is 32.2. The summed E-state index contributed by atoms with van der Waals surface area (Å²) in [6.45, 7) is 9.06. The molecule has 1 N–H and O–H groups in total. The van der Waals surface area contributed by atoms with E-state index in [0.717, 1.165) is 18.0 Å². The van der Waals surface area contributed by atoms with Gasteiger partial charge in [-0.3, -0.25) is 0 Å². The van der Waals surface area contributed by atoms with E-state index in [1.807, 2.05) is 17.8 Å². The summed E-state index contributed by atoms with van der Waals surface area (Å²) in [5.41, 5.74) is 0. The van der Waals surface area contributed by atoms with Crippen molar-refractivity contribution in [2.45, 2.75) is 49.8 Å². The Hall–Kier alpha value is -0.870. The Labute approximate surface area is 126 Å². The largest absolute Gasteiger partial charge is 0.486 e. The van der Waals surface area contributed by atoms with Crippen LogP contribution in [0.15, 0.2) is 23.1 Å². The Morgan fingerprint density at radius 3 is 2.55 bits per heavy atom. The Balaban J connectivity index is 1.86. The number of rotatable bonds is 7. The fourth-order valence-corrected chi connectivity index (χ4v) is 3.25. The number of benzene rings is 1. The van der Waals surface area contributed by atoms with Crippen molar-refractivity contribution in [3.8, 4) is 11.5 Å². The van der Waals surface area contributed by atoms with Crippen LogP contribution in [0.5, 0.6) is 11.5 Å². The Morgan fingerprint density at radius 2 is 1.85 bits per heavy atom. The van der Waals surface area contributed by atoms with Gasteiger partial charge in [0, 0.05) is 22.7 Å². The molecule has 0 saturated carbocycles. The second kappa shape index (κ2) is 7.79. The molecule has 1 aromatic rings. The summed E-state index contributed by atoms with van der Waals surface area (Å²) in [5.74, 6) is 1.74. The number of hydrogen-bond donors (Lipinski definition) is 1. The van der Waals surface area contributed by atoms with Crippen LogP contribution in [0.3, 0.4) is 0 Å². The van der Waals surface area contributed by atoms with Crippen LogP contribution < -0.4 is 14.8 Å². The van der Waals surface area contributed by atoms with Crippen molar-refractivity contribution in [3.63, 3.8) is 0 Å². The van der Waals surface area contributed by atoms with Crippen LogP contribution in [0, 0.1) is 0 Å². The zero-order chi connectivity index (χ0) is 14.4. The Bertz CT molecular complexity index is 421. The lowest BCUT2D eigenvalue weighted by molar-refractivity contribution is 0.171. The van der Waals surface area contributed by atoms with E-state index in [-0.39, 0.29) is 0 Å². The van der Waals surface area contributed by atoms with Crippen LogP contribution in [0.25, 0.3) is 0 Å². The number of nitrogens with one attached hydrogen (secondary N) is 1. The van der Waals surface area contributed by atoms with Crippen molar-refractivity contribution in [1.82, 2.24) is 5.32 Å². The molecule has 0 spiro atoms. The van der Waals surface area contributed by atoms with Crippen LogP contribution in [-0.2, 0) is 0 Å². The van der Waals surface area contributed by atoms with Gasteiger partial charge in [-0.2, -0.15) is 0 Å². The molecule has 1 atom stereocenters. The van der Waals surface area contributed by atoms with Crippen molar-refractivity contribution in [1.29, 1.82) is 0 Å². The third-order valence-corrected chi connectivity index (χ3v) is 4.63. The lowest BCUT2D eigenvalue weighted by Crippen LogP contribution is -2.32. The predicted octanol–water partition coefficient (Wildman–Crippen LogP) is 3.72. The molecule has 20 heavy (non-hydrogen) atoms. The molecule has 1 aliphatic rings. The lowest BCUT2D eigenvalue weighted by atomic mass is 10.2. The molecule has 1 aromatic carbocycles. The fourth-order valence-electron chi connectivity index (χ4n) is 2.28. The highest BCUT2D eigenvalue weighted by Crippen LogP contribution is 2.35. The van der Waals surface area contributed by atoms with Gasteiger partial charge in [-0.05, 0) is 31.0 Å². The molecule has 1 aliphatic heterocycles. The van der Waals surface area contributed by atoms with Crippen molar-refractivity contribution >= 4 is 11.8 Å². The van der Waals surface area contributed by atoms with E-state index in [2.05, 4.69) is 38.2 Å². The van der Waals surface area contributed by atoms with Crippen LogP contribution in [0.4, 0.5) is 0 Å². The standard InChI is InChI=1S/C16H25NO2S/c1-4-13(5-2)17-11-12(3)20-14-6-7-15-16(10-14)19-9-8-18-15/h6-7,10,12-13,17H,4-5,8-9,11H2,1-3H3. The minimum Gasteiger partial charge on any atom is -0.486 e. The van der Waals surface area contributed by atoms with E-state index in [0.29, 0.717) is 24.5 Å². The zero-order valence-corrected chi connectivity index (χ0v) is 13.5. The second-order valence-electron chi connectivity index (χ2n) is 5.16. The van der Waals surface area contributed by atoms with Gasteiger partial charge in [0.2, 0.25) is 0 Å². The molecule has 0 aliphatic carbocycles.